The lowest BCUT2D eigenvalue weighted by Crippen LogP contribution is -2.22. The van der Waals surface area contributed by atoms with Crippen LogP contribution in [0.25, 0.3) is 0 Å². The normalized spacial score (nSPS) is 13.1. The summed E-state index contributed by atoms with van der Waals surface area (Å²) in [6, 6.07) is -0.169. The number of carboxylic acids is 1. The van der Waals surface area contributed by atoms with Crippen molar-refractivity contribution in [1.29, 1.82) is 0 Å². The molecule has 0 aliphatic carbocycles. The van der Waals surface area contributed by atoms with E-state index in [1.807, 2.05) is 0 Å². The van der Waals surface area contributed by atoms with Gasteiger partial charge in [0, 0.05) is 18.8 Å². The maximum absolute atomic E-state index is 10.7. The van der Waals surface area contributed by atoms with E-state index in [0.29, 0.717) is 12.6 Å². The Morgan fingerprint density at radius 1 is 1.60 bits per heavy atom. The molecular weight excluding hydrogens is 194 g/mol. The minimum absolute atomic E-state index is 0.395. The molecule has 0 bridgehead atoms. The number of aliphatic carboxylic acids is 1. The minimum Gasteiger partial charge on any atom is -0.480 e. The van der Waals surface area contributed by atoms with Gasteiger partial charge in [-0.3, -0.25) is 0 Å². The van der Waals surface area contributed by atoms with Crippen molar-refractivity contribution in [3.63, 3.8) is 0 Å². The van der Waals surface area contributed by atoms with Crippen LogP contribution in [0.2, 0.25) is 0 Å². The van der Waals surface area contributed by atoms with Gasteiger partial charge in [0.2, 0.25) is 0 Å². The van der Waals surface area contributed by atoms with E-state index in [4.69, 9.17) is 5.11 Å². The van der Waals surface area contributed by atoms with Crippen LogP contribution in [0.5, 0.6) is 0 Å². The first-order chi connectivity index (χ1) is 7.00. The third-order valence-electron chi connectivity index (χ3n) is 2.15. The van der Waals surface area contributed by atoms with Gasteiger partial charge in [-0.2, -0.15) is 0 Å². The van der Waals surface area contributed by atoms with Crippen molar-refractivity contribution in [3.8, 4) is 0 Å². The molecule has 0 amide bonds. The molecule has 5 nitrogen and oxygen atoms in total. The Balaban J connectivity index is 2.60. The van der Waals surface area contributed by atoms with Gasteiger partial charge in [0.05, 0.1) is 12.0 Å². The summed E-state index contributed by atoms with van der Waals surface area (Å²) in [7, 11) is 0. The summed E-state index contributed by atoms with van der Waals surface area (Å²) in [6.07, 6.45) is 3.31. The third kappa shape index (κ3) is 3.36. The molecule has 0 aromatic carbocycles. The lowest BCUT2D eigenvalue weighted by Gasteiger charge is -2.07. The van der Waals surface area contributed by atoms with E-state index in [9.17, 15) is 4.79 Å². The van der Waals surface area contributed by atoms with Crippen LogP contribution in [0.1, 0.15) is 32.5 Å². The topological polar surface area (TPSA) is 67.2 Å². The monoisotopic (exact) mass is 211 g/mol. The smallest absolute Gasteiger partial charge is 0.326 e. The van der Waals surface area contributed by atoms with Gasteiger partial charge < -0.3 is 15.0 Å². The molecule has 1 rings (SSSR count). The number of carbonyl (C=O) groups is 1. The van der Waals surface area contributed by atoms with Gasteiger partial charge in [-0.1, -0.05) is 13.8 Å². The number of nitrogens with zero attached hydrogens (tertiary/aromatic N) is 2. The van der Waals surface area contributed by atoms with E-state index in [1.54, 1.807) is 24.0 Å². The Morgan fingerprint density at radius 2 is 2.27 bits per heavy atom. The molecule has 0 fully saturated rings. The fourth-order valence-corrected chi connectivity index (χ4v) is 1.12. The molecule has 0 spiro atoms. The van der Waals surface area contributed by atoms with Gasteiger partial charge >= 0.3 is 5.97 Å². The number of hydrogen-bond donors (Lipinski definition) is 2. The van der Waals surface area contributed by atoms with Crippen LogP contribution in [-0.4, -0.2) is 26.7 Å². The first-order valence-electron chi connectivity index (χ1n) is 4.99. The van der Waals surface area contributed by atoms with Gasteiger partial charge in [-0.15, -0.1) is 0 Å². The highest BCUT2D eigenvalue weighted by Gasteiger charge is 2.13. The highest BCUT2D eigenvalue weighted by atomic mass is 16.4. The van der Waals surface area contributed by atoms with Crippen molar-refractivity contribution < 1.29 is 9.90 Å². The Kier molecular flexibility index (Phi) is 3.85. The standard InChI is InChI=1S/C10H17N3O2/c1-7(2)11-4-9-5-13(6-12-9)8(3)10(14)15/h5-8,11H,4H2,1-3H3,(H,14,15). The summed E-state index contributed by atoms with van der Waals surface area (Å²) in [5.74, 6) is -0.851. The zero-order valence-corrected chi connectivity index (χ0v) is 9.27. The van der Waals surface area contributed by atoms with Crippen molar-refractivity contribution >= 4 is 5.97 Å². The zero-order valence-electron chi connectivity index (χ0n) is 9.27. The SMILES string of the molecule is CC(C)NCc1cn(C(C)C(=O)O)cn1. The Hall–Kier alpha value is -1.36. The van der Waals surface area contributed by atoms with Crippen LogP contribution >= 0.6 is 0 Å². The van der Waals surface area contributed by atoms with E-state index in [0.717, 1.165) is 5.69 Å². The molecule has 1 atom stereocenters. The molecule has 1 aromatic heterocycles. The molecule has 1 unspecified atom stereocenters. The van der Waals surface area contributed by atoms with Gasteiger partial charge in [-0.05, 0) is 6.92 Å². The highest BCUT2D eigenvalue weighted by molar-refractivity contribution is 5.71. The minimum atomic E-state index is -0.851. The summed E-state index contributed by atoms with van der Waals surface area (Å²) in [5, 5.41) is 12.0. The highest BCUT2D eigenvalue weighted by Crippen LogP contribution is 2.06. The quantitative estimate of drug-likeness (QED) is 0.763. The summed E-state index contributed by atoms with van der Waals surface area (Å²) < 4.78 is 1.60. The molecular formula is C10H17N3O2. The lowest BCUT2D eigenvalue weighted by atomic mass is 10.3. The predicted molar refractivity (Wildman–Crippen MR) is 56.5 cm³/mol. The average molecular weight is 211 g/mol. The van der Waals surface area contributed by atoms with E-state index in [2.05, 4.69) is 24.1 Å². The lowest BCUT2D eigenvalue weighted by molar-refractivity contribution is -0.140. The van der Waals surface area contributed by atoms with Gasteiger partial charge in [0.25, 0.3) is 0 Å². The van der Waals surface area contributed by atoms with Crippen molar-refractivity contribution in [1.82, 2.24) is 14.9 Å². The van der Waals surface area contributed by atoms with E-state index in [1.165, 1.54) is 0 Å². The second-order valence-electron chi connectivity index (χ2n) is 3.86. The molecule has 2 N–H and O–H groups in total. The molecule has 84 valence electrons. The molecule has 0 aliphatic heterocycles. The van der Waals surface area contributed by atoms with Gasteiger partial charge in [-0.25, -0.2) is 9.78 Å². The van der Waals surface area contributed by atoms with Gasteiger partial charge in [0.15, 0.2) is 0 Å². The average Bonchev–Trinajstić information content (AvgIpc) is 2.61. The summed E-state index contributed by atoms with van der Waals surface area (Å²) in [4.78, 5) is 14.8. The maximum atomic E-state index is 10.7. The number of rotatable bonds is 5. The first-order valence-corrected chi connectivity index (χ1v) is 4.99. The Morgan fingerprint density at radius 3 is 2.80 bits per heavy atom. The third-order valence-corrected chi connectivity index (χ3v) is 2.15. The van der Waals surface area contributed by atoms with Crippen molar-refractivity contribution in [2.75, 3.05) is 0 Å². The molecule has 0 radical (unpaired) electrons. The second-order valence-corrected chi connectivity index (χ2v) is 3.86. The van der Waals surface area contributed by atoms with Crippen molar-refractivity contribution in [2.45, 2.75) is 39.4 Å². The fourth-order valence-electron chi connectivity index (χ4n) is 1.12. The Labute approximate surface area is 89.1 Å². The second kappa shape index (κ2) is 4.93. The predicted octanol–water partition coefficient (Wildman–Crippen LogP) is 1.03. The fraction of sp³-hybridized carbons (Fsp3) is 0.600. The van der Waals surface area contributed by atoms with Crippen LogP contribution in [-0.2, 0) is 11.3 Å². The van der Waals surface area contributed by atoms with E-state index < -0.39 is 12.0 Å². The number of imidazole rings is 1. The van der Waals surface area contributed by atoms with Crippen LogP contribution in [0.3, 0.4) is 0 Å². The Bertz CT molecular complexity index is 333. The zero-order chi connectivity index (χ0) is 11.4. The first kappa shape index (κ1) is 11.7. The summed E-state index contributed by atoms with van der Waals surface area (Å²) >= 11 is 0. The molecule has 15 heavy (non-hydrogen) atoms. The van der Waals surface area contributed by atoms with E-state index in [-0.39, 0.29) is 0 Å². The van der Waals surface area contributed by atoms with Crippen molar-refractivity contribution in [2.24, 2.45) is 0 Å². The van der Waals surface area contributed by atoms with Crippen LogP contribution in [0, 0.1) is 0 Å². The maximum Gasteiger partial charge on any atom is 0.326 e. The number of nitrogens with one attached hydrogen (secondary N) is 1. The largest absolute Gasteiger partial charge is 0.480 e. The van der Waals surface area contributed by atoms with E-state index >= 15 is 0 Å². The summed E-state index contributed by atoms with van der Waals surface area (Å²) in [5.41, 5.74) is 0.858. The molecule has 5 heteroatoms. The number of aromatic nitrogens is 2. The van der Waals surface area contributed by atoms with Crippen LogP contribution in [0.4, 0.5) is 0 Å². The molecule has 1 heterocycles. The van der Waals surface area contributed by atoms with Crippen LogP contribution in [0.15, 0.2) is 12.5 Å². The number of hydrogen-bond acceptors (Lipinski definition) is 3. The summed E-state index contributed by atoms with van der Waals surface area (Å²) in [6.45, 7) is 6.40. The van der Waals surface area contributed by atoms with Crippen LogP contribution < -0.4 is 5.32 Å². The molecule has 0 saturated carbocycles. The molecule has 0 saturated heterocycles. The number of carboxylic acid groups (broad SMARTS) is 1. The molecule has 0 aliphatic rings. The van der Waals surface area contributed by atoms with Crippen molar-refractivity contribution in [3.05, 3.63) is 18.2 Å². The molecule has 1 aromatic rings. The van der Waals surface area contributed by atoms with Gasteiger partial charge in [0.1, 0.15) is 6.04 Å².